The number of aryl methyl sites for hydroxylation is 1. The fourth-order valence-electron chi connectivity index (χ4n) is 1.56. The Kier molecular flexibility index (Phi) is 3.02. The van der Waals surface area contributed by atoms with Crippen molar-refractivity contribution < 1.29 is 0 Å². The van der Waals surface area contributed by atoms with Gasteiger partial charge in [-0.25, -0.2) is 11.4 Å². The predicted octanol–water partition coefficient (Wildman–Crippen LogP) is 0.231. The summed E-state index contributed by atoms with van der Waals surface area (Å²) in [5, 5.41) is 11.7. The molecule has 0 atom stereocenters. The minimum atomic E-state index is 0.495. The molecular weight excluding hydrogens is 204 g/mol. The fourth-order valence-corrected chi connectivity index (χ4v) is 1.56. The van der Waals surface area contributed by atoms with Gasteiger partial charge in [0.1, 0.15) is 5.84 Å². The van der Waals surface area contributed by atoms with Crippen molar-refractivity contribution in [2.45, 2.75) is 12.8 Å². The Balaban J connectivity index is 2.06. The van der Waals surface area contributed by atoms with E-state index in [1.807, 2.05) is 12.1 Å². The molecule has 6 N–H and O–H groups in total. The lowest BCUT2D eigenvalue weighted by molar-refractivity contribution is 0.793. The molecule has 0 radical (unpaired) electrons. The zero-order valence-corrected chi connectivity index (χ0v) is 8.77. The number of hydrazine groups is 1. The Morgan fingerprint density at radius 3 is 3.19 bits per heavy atom. The van der Waals surface area contributed by atoms with Crippen LogP contribution in [0.5, 0.6) is 0 Å². The number of hydrazone groups is 1. The van der Waals surface area contributed by atoms with E-state index in [1.54, 1.807) is 6.20 Å². The lowest BCUT2D eigenvalue weighted by atomic mass is 10.1. The van der Waals surface area contributed by atoms with E-state index in [2.05, 4.69) is 26.9 Å². The molecule has 0 amide bonds. The van der Waals surface area contributed by atoms with Crippen LogP contribution in [0.3, 0.4) is 0 Å². The zero-order chi connectivity index (χ0) is 11.4. The highest BCUT2D eigenvalue weighted by Gasteiger charge is 1.99. The maximum absolute atomic E-state index is 5.61. The number of nitrogens with two attached hydrogens (primary N) is 2. The zero-order valence-electron chi connectivity index (χ0n) is 8.77. The van der Waals surface area contributed by atoms with Gasteiger partial charge in [-0.2, -0.15) is 10.2 Å². The van der Waals surface area contributed by atoms with Crippen LogP contribution >= 0.6 is 0 Å². The number of nitrogens with zero attached hydrogens (tertiary/aromatic N) is 2. The highest BCUT2D eigenvalue weighted by molar-refractivity contribution is 5.81. The topological polar surface area (TPSA) is 105 Å². The number of rotatable bonds is 4. The number of aromatic amines is 1. The number of hydrogen-bond acceptors (Lipinski definition) is 4. The van der Waals surface area contributed by atoms with Crippen molar-refractivity contribution in [3.8, 4) is 0 Å². The smallest absolute Gasteiger partial charge is 0.121 e. The molecule has 0 aliphatic heterocycles. The average Bonchev–Trinajstić information content (AvgIpc) is 2.74. The monoisotopic (exact) mass is 218 g/mol. The van der Waals surface area contributed by atoms with Gasteiger partial charge in [-0.3, -0.25) is 5.10 Å². The number of hydrogen-bond donors (Lipinski definition) is 4. The van der Waals surface area contributed by atoms with Crippen LogP contribution in [0.15, 0.2) is 29.5 Å². The van der Waals surface area contributed by atoms with Gasteiger partial charge in [0, 0.05) is 11.8 Å². The summed E-state index contributed by atoms with van der Waals surface area (Å²) in [6.45, 7) is 0. The first-order chi connectivity index (χ1) is 7.79. The van der Waals surface area contributed by atoms with Crippen molar-refractivity contribution in [3.05, 3.63) is 30.0 Å². The molecule has 0 fully saturated rings. The second-order valence-electron chi connectivity index (χ2n) is 3.52. The summed E-state index contributed by atoms with van der Waals surface area (Å²) in [5.41, 5.74) is 10.0. The summed E-state index contributed by atoms with van der Waals surface area (Å²) in [7, 11) is 0. The standard InChI is InChI=1S/C10H14N6/c11-10(15-16-12)4-2-7-1-3-9-8(5-7)6-13-14-9/h1,3,5-6,16H,2,4,12H2,(H2,11,15)(H,13,14). The molecule has 2 aromatic rings. The first-order valence-corrected chi connectivity index (χ1v) is 4.99. The molecule has 0 unspecified atom stereocenters. The third kappa shape index (κ3) is 2.29. The first kappa shape index (κ1) is 10.4. The minimum absolute atomic E-state index is 0.495. The van der Waals surface area contributed by atoms with Gasteiger partial charge in [0.2, 0.25) is 0 Å². The molecule has 0 saturated carbocycles. The molecule has 0 aliphatic rings. The van der Waals surface area contributed by atoms with Gasteiger partial charge in [-0.1, -0.05) is 6.07 Å². The number of amidine groups is 1. The maximum Gasteiger partial charge on any atom is 0.121 e. The van der Waals surface area contributed by atoms with Crippen LogP contribution in [0.25, 0.3) is 10.9 Å². The van der Waals surface area contributed by atoms with Gasteiger partial charge < -0.3 is 5.73 Å². The lowest BCUT2D eigenvalue weighted by Gasteiger charge is -2.01. The first-order valence-electron chi connectivity index (χ1n) is 4.99. The minimum Gasteiger partial charge on any atom is -0.386 e. The third-order valence-electron chi connectivity index (χ3n) is 2.38. The van der Waals surface area contributed by atoms with Crippen LogP contribution in [0.1, 0.15) is 12.0 Å². The van der Waals surface area contributed by atoms with Crippen molar-refractivity contribution in [2.75, 3.05) is 0 Å². The van der Waals surface area contributed by atoms with Crippen LogP contribution in [0.4, 0.5) is 0 Å². The quantitative estimate of drug-likeness (QED) is 0.255. The van der Waals surface area contributed by atoms with Crippen LogP contribution in [-0.4, -0.2) is 16.0 Å². The van der Waals surface area contributed by atoms with E-state index in [-0.39, 0.29) is 0 Å². The summed E-state index contributed by atoms with van der Waals surface area (Å²) in [6.07, 6.45) is 3.31. The lowest BCUT2D eigenvalue weighted by Crippen LogP contribution is -2.22. The Morgan fingerprint density at radius 2 is 2.38 bits per heavy atom. The molecule has 0 spiro atoms. The van der Waals surface area contributed by atoms with Crippen molar-refractivity contribution in [1.29, 1.82) is 0 Å². The normalized spacial score (nSPS) is 11.9. The Morgan fingerprint density at radius 1 is 1.50 bits per heavy atom. The van der Waals surface area contributed by atoms with E-state index in [9.17, 15) is 0 Å². The van der Waals surface area contributed by atoms with Crippen LogP contribution in [-0.2, 0) is 6.42 Å². The number of aromatic nitrogens is 2. The van der Waals surface area contributed by atoms with Crippen LogP contribution in [0.2, 0.25) is 0 Å². The average molecular weight is 218 g/mol. The maximum atomic E-state index is 5.61. The van der Waals surface area contributed by atoms with Gasteiger partial charge >= 0.3 is 0 Å². The highest BCUT2D eigenvalue weighted by atomic mass is 15.5. The SMILES string of the molecule is NN/N=C(\N)CCc1ccc2[nH]ncc2c1. The molecule has 2 rings (SSSR count). The van der Waals surface area contributed by atoms with Crippen molar-refractivity contribution in [2.24, 2.45) is 16.7 Å². The molecule has 1 aromatic carbocycles. The van der Waals surface area contributed by atoms with E-state index in [4.69, 9.17) is 11.6 Å². The largest absolute Gasteiger partial charge is 0.386 e. The molecular formula is C10H14N6. The number of benzene rings is 1. The van der Waals surface area contributed by atoms with Gasteiger partial charge in [-0.15, -0.1) is 0 Å². The van der Waals surface area contributed by atoms with Gasteiger partial charge in [0.25, 0.3) is 0 Å². The van der Waals surface area contributed by atoms with Crippen LogP contribution < -0.4 is 17.1 Å². The summed E-state index contributed by atoms with van der Waals surface area (Å²) < 4.78 is 0. The molecule has 6 nitrogen and oxygen atoms in total. The molecule has 1 aromatic heterocycles. The van der Waals surface area contributed by atoms with E-state index in [0.717, 1.165) is 17.3 Å². The van der Waals surface area contributed by atoms with Gasteiger partial charge in [-0.05, 0) is 24.1 Å². The molecule has 1 heterocycles. The number of fused-ring (bicyclic) bond motifs is 1. The predicted molar refractivity (Wildman–Crippen MR) is 63.4 cm³/mol. The molecule has 0 saturated heterocycles. The molecule has 16 heavy (non-hydrogen) atoms. The van der Waals surface area contributed by atoms with E-state index in [0.29, 0.717) is 12.3 Å². The number of H-pyrrole nitrogens is 1. The fraction of sp³-hybridized carbons (Fsp3) is 0.200. The Hall–Kier alpha value is -2.08. The van der Waals surface area contributed by atoms with Crippen molar-refractivity contribution in [3.63, 3.8) is 0 Å². The molecule has 84 valence electrons. The summed E-state index contributed by atoms with van der Waals surface area (Å²) in [5.74, 6) is 5.52. The second kappa shape index (κ2) is 4.63. The van der Waals surface area contributed by atoms with Gasteiger partial charge in [0.05, 0.1) is 11.7 Å². The van der Waals surface area contributed by atoms with E-state index in [1.165, 1.54) is 5.56 Å². The summed E-state index contributed by atoms with van der Waals surface area (Å²) >= 11 is 0. The summed E-state index contributed by atoms with van der Waals surface area (Å²) in [4.78, 5) is 0. The van der Waals surface area contributed by atoms with E-state index < -0.39 is 0 Å². The highest BCUT2D eigenvalue weighted by Crippen LogP contribution is 2.13. The second-order valence-corrected chi connectivity index (χ2v) is 3.52. The molecule has 6 heteroatoms. The Bertz CT molecular complexity index is 501. The van der Waals surface area contributed by atoms with Crippen LogP contribution in [0, 0.1) is 0 Å². The van der Waals surface area contributed by atoms with E-state index >= 15 is 0 Å². The van der Waals surface area contributed by atoms with Gasteiger partial charge in [0.15, 0.2) is 0 Å². The Labute approximate surface area is 92.7 Å². The third-order valence-corrected chi connectivity index (χ3v) is 2.38. The summed E-state index contributed by atoms with van der Waals surface area (Å²) in [6, 6.07) is 6.14. The number of nitrogens with one attached hydrogen (secondary N) is 2. The van der Waals surface area contributed by atoms with Crippen molar-refractivity contribution >= 4 is 16.7 Å². The molecule has 0 bridgehead atoms. The van der Waals surface area contributed by atoms with Crippen molar-refractivity contribution in [1.82, 2.24) is 15.7 Å². The molecule has 0 aliphatic carbocycles.